The summed E-state index contributed by atoms with van der Waals surface area (Å²) in [7, 11) is 0. The molecular weight excluding hydrogens is 242 g/mol. The second-order valence-corrected chi connectivity index (χ2v) is 4.32. The van der Waals surface area contributed by atoms with Crippen molar-refractivity contribution < 1.29 is 14.3 Å². The first-order valence-electron chi connectivity index (χ1n) is 5.35. The summed E-state index contributed by atoms with van der Waals surface area (Å²) in [5, 5.41) is 3.28. The molecule has 90 valence electrons. The summed E-state index contributed by atoms with van der Waals surface area (Å²) in [6.45, 7) is 0.380. The van der Waals surface area contributed by atoms with Crippen LogP contribution in [0.3, 0.4) is 0 Å². The van der Waals surface area contributed by atoms with Gasteiger partial charge in [-0.25, -0.2) is 4.79 Å². The van der Waals surface area contributed by atoms with Crippen LogP contribution in [0.5, 0.6) is 0 Å². The third-order valence-electron chi connectivity index (χ3n) is 2.55. The number of esters is 1. The summed E-state index contributed by atoms with van der Waals surface area (Å²) in [5.41, 5.74) is 0.860. The molecule has 1 aromatic rings. The number of carbonyl (C=O) groups excluding carboxylic acids is 2. The highest BCUT2D eigenvalue weighted by molar-refractivity contribution is 6.30. The Kier molecular flexibility index (Phi) is 3.64. The van der Waals surface area contributed by atoms with Crippen molar-refractivity contribution >= 4 is 23.5 Å². The highest BCUT2D eigenvalue weighted by Crippen LogP contribution is 2.10. The zero-order valence-corrected chi connectivity index (χ0v) is 9.87. The van der Waals surface area contributed by atoms with E-state index in [1.54, 1.807) is 24.3 Å². The molecule has 1 aliphatic heterocycles. The van der Waals surface area contributed by atoms with Gasteiger partial charge in [0, 0.05) is 11.4 Å². The summed E-state index contributed by atoms with van der Waals surface area (Å²) in [4.78, 5) is 22.8. The van der Waals surface area contributed by atoms with E-state index in [1.807, 2.05) is 0 Å². The van der Waals surface area contributed by atoms with Crippen molar-refractivity contribution in [3.63, 3.8) is 0 Å². The van der Waals surface area contributed by atoms with Crippen LogP contribution in [0.25, 0.3) is 0 Å². The van der Waals surface area contributed by atoms with E-state index >= 15 is 0 Å². The number of hydrogen-bond donors (Lipinski definition) is 1. The molecule has 5 heteroatoms. The Hall–Kier alpha value is -1.55. The molecule has 1 atom stereocenters. The topological polar surface area (TPSA) is 55.4 Å². The molecule has 2 rings (SSSR count). The quantitative estimate of drug-likeness (QED) is 0.827. The van der Waals surface area contributed by atoms with Gasteiger partial charge in [-0.3, -0.25) is 4.79 Å². The van der Waals surface area contributed by atoms with Crippen LogP contribution in [0.1, 0.15) is 12.0 Å². The predicted octanol–water partition coefficient (Wildman–Crippen LogP) is 1.31. The fourth-order valence-corrected chi connectivity index (χ4v) is 1.79. The summed E-state index contributed by atoms with van der Waals surface area (Å²) in [5.74, 6) is -0.536. The number of carbonyl (C=O) groups is 2. The molecule has 1 aromatic carbocycles. The normalized spacial score (nSPS) is 18.9. The van der Waals surface area contributed by atoms with Crippen LogP contribution < -0.4 is 5.32 Å². The Morgan fingerprint density at radius 2 is 2.12 bits per heavy atom. The standard InChI is InChI=1S/C12H12ClNO3/c13-9-3-1-8(2-4-9)7-11(15)14-10-5-6-17-12(10)16/h1-4,10H,5-7H2,(H,14,15)/t10-/m0/s1. The Balaban J connectivity index is 1.88. The Labute approximate surface area is 104 Å². The zero-order chi connectivity index (χ0) is 12.3. The van der Waals surface area contributed by atoms with Crippen LogP contribution in [0.2, 0.25) is 5.02 Å². The van der Waals surface area contributed by atoms with Gasteiger partial charge in [0.05, 0.1) is 13.0 Å². The fraction of sp³-hybridized carbons (Fsp3) is 0.333. The number of cyclic esters (lactones) is 1. The Bertz CT molecular complexity index is 430. The molecule has 1 aliphatic rings. The number of hydrogen-bond acceptors (Lipinski definition) is 3. The van der Waals surface area contributed by atoms with Gasteiger partial charge in [-0.2, -0.15) is 0 Å². The van der Waals surface area contributed by atoms with Gasteiger partial charge >= 0.3 is 5.97 Å². The molecule has 1 saturated heterocycles. The molecule has 17 heavy (non-hydrogen) atoms. The van der Waals surface area contributed by atoms with Crippen molar-refractivity contribution in [3.8, 4) is 0 Å². The maximum atomic E-state index is 11.6. The number of ether oxygens (including phenoxy) is 1. The first-order chi connectivity index (χ1) is 8.15. The van der Waals surface area contributed by atoms with Crippen LogP contribution >= 0.6 is 11.6 Å². The molecule has 0 spiro atoms. The predicted molar refractivity (Wildman–Crippen MR) is 62.7 cm³/mol. The van der Waals surface area contributed by atoms with E-state index in [0.717, 1.165) is 5.56 Å². The van der Waals surface area contributed by atoms with Crippen molar-refractivity contribution in [2.45, 2.75) is 18.9 Å². The summed E-state index contributed by atoms with van der Waals surface area (Å²) in [6, 6.07) is 6.54. The van der Waals surface area contributed by atoms with Crippen molar-refractivity contribution in [2.24, 2.45) is 0 Å². The molecular formula is C12H12ClNO3. The van der Waals surface area contributed by atoms with Crippen LogP contribution in [0.4, 0.5) is 0 Å². The molecule has 1 fully saturated rings. The largest absolute Gasteiger partial charge is 0.464 e. The summed E-state index contributed by atoms with van der Waals surface area (Å²) < 4.78 is 4.76. The molecule has 1 heterocycles. The van der Waals surface area contributed by atoms with Gasteiger partial charge in [0.25, 0.3) is 0 Å². The smallest absolute Gasteiger partial charge is 0.328 e. The van der Waals surface area contributed by atoms with Gasteiger partial charge < -0.3 is 10.1 Å². The van der Waals surface area contributed by atoms with E-state index in [9.17, 15) is 9.59 Å². The van der Waals surface area contributed by atoms with E-state index in [4.69, 9.17) is 16.3 Å². The van der Waals surface area contributed by atoms with Crippen LogP contribution in [-0.4, -0.2) is 24.5 Å². The Morgan fingerprint density at radius 1 is 1.41 bits per heavy atom. The minimum absolute atomic E-state index is 0.184. The summed E-state index contributed by atoms with van der Waals surface area (Å²) in [6.07, 6.45) is 0.784. The molecule has 0 bridgehead atoms. The van der Waals surface area contributed by atoms with Crippen molar-refractivity contribution in [3.05, 3.63) is 34.9 Å². The van der Waals surface area contributed by atoms with Gasteiger partial charge in [-0.15, -0.1) is 0 Å². The first kappa shape index (κ1) is 11.9. The van der Waals surface area contributed by atoms with Gasteiger partial charge in [0.2, 0.25) is 5.91 Å². The molecule has 0 saturated carbocycles. The van der Waals surface area contributed by atoms with Crippen molar-refractivity contribution in [1.29, 1.82) is 0 Å². The van der Waals surface area contributed by atoms with Gasteiger partial charge in [0.1, 0.15) is 6.04 Å². The lowest BCUT2D eigenvalue weighted by Gasteiger charge is -2.08. The highest BCUT2D eigenvalue weighted by atomic mass is 35.5. The monoisotopic (exact) mass is 253 g/mol. The second-order valence-electron chi connectivity index (χ2n) is 3.88. The van der Waals surface area contributed by atoms with E-state index in [1.165, 1.54) is 0 Å². The SMILES string of the molecule is O=C(Cc1ccc(Cl)cc1)N[C@H]1CCOC1=O. The highest BCUT2D eigenvalue weighted by Gasteiger charge is 2.27. The number of benzene rings is 1. The lowest BCUT2D eigenvalue weighted by molar-refractivity contribution is -0.141. The molecule has 0 aromatic heterocycles. The molecule has 1 amide bonds. The lowest BCUT2D eigenvalue weighted by atomic mass is 10.1. The average Bonchev–Trinajstić information content (AvgIpc) is 2.68. The zero-order valence-electron chi connectivity index (χ0n) is 9.11. The Morgan fingerprint density at radius 3 is 2.71 bits per heavy atom. The number of amides is 1. The second kappa shape index (κ2) is 5.19. The average molecular weight is 254 g/mol. The molecule has 4 nitrogen and oxygen atoms in total. The fourth-order valence-electron chi connectivity index (χ4n) is 1.66. The van der Waals surface area contributed by atoms with E-state index in [0.29, 0.717) is 18.1 Å². The minimum Gasteiger partial charge on any atom is -0.464 e. The molecule has 0 aliphatic carbocycles. The molecule has 1 N–H and O–H groups in total. The van der Waals surface area contributed by atoms with E-state index in [2.05, 4.69) is 5.32 Å². The van der Waals surface area contributed by atoms with Crippen LogP contribution in [-0.2, 0) is 20.7 Å². The third-order valence-corrected chi connectivity index (χ3v) is 2.80. The molecule has 0 radical (unpaired) electrons. The summed E-state index contributed by atoms with van der Waals surface area (Å²) >= 11 is 5.74. The molecule has 0 unspecified atom stereocenters. The van der Waals surface area contributed by atoms with Crippen LogP contribution in [0, 0.1) is 0 Å². The van der Waals surface area contributed by atoms with Gasteiger partial charge in [0.15, 0.2) is 0 Å². The van der Waals surface area contributed by atoms with Crippen LogP contribution in [0.15, 0.2) is 24.3 Å². The third kappa shape index (κ3) is 3.20. The number of rotatable bonds is 3. The van der Waals surface area contributed by atoms with Crippen molar-refractivity contribution in [2.75, 3.05) is 6.61 Å². The maximum absolute atomic E-state index is 11.6. The maximum Gasteiger partial charge on any atom is 0.328 e. The van der Waals surface area contributed by atoms with E-state index < -0.39 is 6.04 Å². The van der Waals surface area contributed by atoms with E-state index in [-0.39, 0.29) is 18.3 Å². The number of halogens is 1. The first-order valence-corrected chi connectivity index (χ1v) is 5.73. The van der Waals surface area contributed by atoms with Gasteiger partial charge in [-0.1, -0.05) is 23.7 Å². The minimum atomic E-state index is -0.491. The lowest BCUT2D eigenvalue weighted by Crippen LogP contribution is -2.38. The van der Waals surface area contributed by atoms with Gasteiger partial charge in [-0.05, 0) is 17.7 Å². The number of nitrogens with one attached hydrogen (secondary N) is 1. The van der Waals surface area contributed by atoms with Crippen molar-refractivity contribution in [1.82, 2.24) is 5.32 Å².